The van der Waals surface area contributed by atoms with Gasteiger partial charge >= 0.3 is 0 Å². The molecule has 0 aliphatic heterocycles. The molecule has 3 rings (SSSR count). The largest absolute Gasteiger partial charge is 0.342 e. The van der Waals surface area contributed by atoms with E-state index in [4.69, 9.17) is 0 Å². The third kappa shape index (κ3) is 3.64. The van der Waals surface area contributed by atoms with Gasteiger partial charge in [0.05, 0.1) is 16.8 Å². The van der Waals surface area contributed by atoms with Crippen molar-refractivity contribution in [3.63, 3.8) is 0 Å². The summed E-state index contributed by atoms with van der Waals surface area (Å²) in [7, 11) is 1.83. The average Bonchev–Trinajstić information content (AvgIpc) is 3.01. The first-order valence-corrected chi connectivity index (χ1v) is 8.80. The molecule has 1 amide bonds. The number of hydrogen-bond donors (Lipinski definition) is 1. The molecular formula is C19H20FN3OS. The zero-order valence-corrected chi connectivity index (χ0v) is 15.5. The van der Waals surface area contributed by atoms with Gasteiger partial charge in [-0.05, 0) is 49.6 Å². The van der Waals surface area contributed by atoms with Crippen molar-refractivity contribution in [2.24, 2.45) is 0 Å². The van der Waals surface area contributed by atoms with Crippen LogP contribution < -0.4 is 10.2 Å². The van der Waals surface area contributed by atoms with Crippen molar-refractivity contribution in [2.45, 2.75) is 20.8 Å². The van der Waals surface area contributed by atoms with E-state index in [-0.39, 0.29) is 18.3 Å². The van der Waals surface area contributed by atoms with Crippen LogP contribution in [-0.2, 0) is 4.79 Å². The Hall–Kier alpha value is -2.47. The minimum atomic E-state index is -0.330. The second-order valence-corrected chi connectivity index (χ2v) is 7.22. The zero-order valence-electron chi connectivity index (χ0n) is 14.7. The fraction of sp³-hybridized carbons (Fsp3) is 0.263. The normalized spacial score (nSPS) is 10.9. The quantitative estimate of drug-likeness (QED) is 0.751. The van der Waals surface area contributed by atoms with Gasteiger partial charge in [-0.3, -0.25) is 4.79 Å². The molecule has 6 heteroatoms. The van der Waals surface area contributed by atoms with Crippen molar-refractivity contribution in [2.75, 3.05) is 23.8 Å². The number of nitrogens with one attached hydrogen (secondary N) is 1. The number of halogens is 1. The van der Waals surface area contributed by atoms with E-state index >= 15 is 0 Å². The SMILES string of the molecule is Cc1ccc(NC(=O)CN(C)c2nc3c(C)ccc(C)c3s2)cc1F. The van der Waals surface area contributed by atoms with Crippen LogP contribution in [0.5, 0.6) is 0 Å². The first-order valence-electron chi connectivity index (χ1n) is 7.99. The van der Waals surface area contributed by atoms with Crippen LogP contribution in [0.3, 0.4) is 0 Å². The van der Waals surface area contributed by atoms with Crippen molar-refractivity contribution in [1.82, 2.24) is 4.98 Å². The van der Waals surface area contributed by atoms with E-state index in [1.807, 2.05) is 18.9 Å². The molecule has 0 bridgehead atoms. The lowest BCUT2D eigenvalue weighted by Gasteiger charge is -2.15. The maximum absolute atomic E-state index is 13.6. The molecule has 1 heterocycles. The number of aryl methyl sites for hydroxylation is 3. The summed E-state index contributed by atoms with van der Waals surface area (Å²) in [6, 6.07) is 8.81. The summed E-state index contributed by atoms with van der Waals surface area (Å²) < 4.78 is 14.7. The van der Waals surface area contributed by atoms with E-state index in [0.717, 1.165) is 20.9 Å². The van der Waals surface area contributed by atoms with E-state index in [2.05, 4.69) is 29.4 Å². The Morgan fingerprint density at radius 2 is 1.84 bits per heavy atom. The van der Waals surface area contributed by atoms with Gasteiger partial charge in [0.2, 0.25) is 5.91 Å². The Labute approximate surface area is 150 Å². The molecule has 25 heavy (non-hydrogen) atoms. The highest BCUT2D eigenvalue weighted by molar-refractivity contribution is 7.22. The van der Waals surface area contributed by atoms with E-state index in [0.29, 0.717) is 11.3 Å². The number of nitrogens with zero attached hydrogens (tertiary/aromatic N) is 2. The number of carbonyl (C=O) groups excluding carboxylic acids is 1. The minimum absolute atomic E-state index is 0.146. The van der Waals surface area contributed by atoms with Crippen molar-refractivity contribution in [1.29, 1.82) is 0 Å². The fourth-order valence-corrected chi connectivity index (χ4v) is 3.64. The Morgan fingerprint density at radius 1 is 1.16 bits per heavy atom. The average molecular weight is 357 g/mol. The highest BCUT2D eigenvalue weighted by Gasteiger charge is 2.14. The molecule has 3 aromatic rings. The molecule has 0 radical (unpaired) electrons. The first kappa shape index (κ1) is 17.4. The number of anilines is 2. The maximum atomic E-state index is 13.6. The smallest absolute Gasteiger partial charge is 0.243 e. The third-order valence-corrected chi connectivity index (χ3v) is 5.40. The molecule has 0 aliphatic rings. The number of benzene rings is 2. The standard InChI is InChI=1S/C19H20FN3OS/c1-11-7-8-14(9-15(11)20)21-16(24)10-23(4)19-22-17-12(2)5-6-13(3)18(17)25-19/h5-9H,10H2,1-4H3,(H,21,24). The molecule has 0 saturated heterocycles. The van der Waals surface area contributed by atoms with Gasteiger partial charge in [0.1, 0.15) is 5.82 Å². The minimum Gasteiger partial charge on any atom is -0.342 e. The Morgan fingerprint density at radius 3 is 2.52 bits per heavy atom. The molecule has 0 unspecified atom stereocenters. The summed E-state index contributed by atoms with van der Waals surface area (Å²) in [5, 5.41) is 3.51. The van der Waals surface area contributed by atoms with E-state index in [9.17, 15) is 9.18 Å². The molecule has 4 nitrogen and oxygen atoms in total. The van der Waals surface area contributed by atoms with Crippen molar-refractivity contribution in [3.05, 3.63) is 52.8 Å². The van der Waals surface area contributed by atoms with Gasteiger partial charge in [-0.15, -0.1) is 0 Å². The van der Waals surface area contributed by atoms with Crippen LogP contribution in [0.2, 0.25) is 0 Å². The zero-order chi connectivity index (χ0) is 18.1. The van der Waals surface area contributed by atoms with Crippen molar-refractivity contribution < 1.29 is 9.18 Å². The van der Waals surface area contributed by atoms with Crippen molar-refractivity contribution >= 4 is 38.3 Å². The van der Waals surface area contributed by atoms with Crippen LogP contribution in [0, 0.1) is 26.6 Å². The number of rotatable bonds is 4. The molecular weight excluding hydrogens is 337 g/mol. The molecule has 130 valence electrons. The van der Waals surface area contributed by atoms with Crippen LogP contribution in [0.1, 0.15) is 16.7 Å². The molecule has 1 aromatic heterocycles. The molecule has 0 aliphatic carbocycles. The summed E-state index contributed by atoms with van der Waals surface area (Å²) >= 11 is 1.57. The second kappa shape index (κ2) is 6.80. The van der Waals surface area contributed by atoms with Gasteiger partial charge in [-0.25, -0.2) is 9.37 Å². The van der Waals surface area contributed by atoms with Gasteiger partial charge in [0.25, 0.3) is 0 Å². The van der Waals surface area contributed by atoms with Gasteiger partial charge in [0, 0.05) is 12.7 Å². The lowest BCUT2D eigenvalue weighted by atomic mass is 10.1. The van der Waals surface area contributed by atoms with Crippen LogP contribution in [0.4, 0.5) is 15.2 Å². The lowest BCUT2D eigenvalue weighted by molar-refractivity contribution is -0.114. The number of hydrogen-bond acceptors (Lipinski definition) is 4. The lowest BCUT2D eigenvalue weighted by Crippen LogP contribution is -2.30. The molecule has 0 fully saturated rings. The topological polar surface area (TPSA) is 45.2 Å². The molecule has 2 aromatic carbocycles. The summed E-state index contributed by atoms with van der Waals surface area (Å²) in [6.07, 6.45) is 0. The van der Waals surface area contributed by atoms with Gasteiger partial charge < -0.3 is 10.2 Å². The Kier molecular flexibility index (Phi) is 4.72. The van der Waals surface area contributed by atoms with Crippen molar-refractivity contribution in [3.8, 4) is 0 Å². The first-order chi connectivity index (χ1) is 11.8. The Bertz CT molecular complexity index is 912. The number of amides is 1. The van der Waals surface area contributed by atoms with Crippen LogP contribution >= 0.6 is 11.3 Å². The fourth-order valence-electron chi connectivity index (χ4n) is 2.57. The number of carbonyl (C=O) groups is 1. The Balaban J connectivity index is 1.74. The van der Waals surface area contributed by atoms with E-state index in [1.54, 1.807) is 30.4 Å². The number of likely N-dealkylation sites (N-methyl/N-ethyl adjacent to an activating group) is 1. The highest BCUT2D eigenvalue weighted by atomic mass is 32.1. The van der Waals surface area contributed by atoms with Gasteiger partial charge in [0.15, 0.2) is 5.13 Å². The second-order valence-electron chi connectivity index (χ2n) is 6.24. The van der Waals surface area contributed by atoms with E-state index in [1.165, 1.54) is 11.6 Å². The predicted molar refractivity (Wildman–Crippen MR) is 102 cm³/mol. The monoisotopic (exact) mass is 357 g/mol. The molecule has 0 saturated carbocycles. The van der Waals surface area contributed by atoms with Crippen LogP contribution in [0.15, 0.2) is 30.3 Å². The molecule has 0 spiro atoms. The third-order valence-electron chi connectivity index (χ3n) is 4.09. The summed E-state index contributed by atoms with van der Waals surface area (Å²) in [6.45, 7) is 5.92. The molecule has 1 N–H and O–H groups in total. The predicted octanol–water partition coefficient (Wildman–Crippen LogP) is 4.44. The van der Waals surface area contributed by atoms with Crippen LogP contribution in [0.25, 0.3) is 10.2 Å². The maximum Gasteiger partial charge on any atom is 0.243 e. The van der Waals surface area contributed by atoms with Gasteiger partial charge in [-0.2, -0.15) is 0 Å². The summed E-state index contributed by atoms with van der Waals surface area (Å²) in [4.78, 5) is 18.7. The molecule has 0 atom stereocenters. The van der Waals surface area contributed by atoms with Gasteiger partial charge in [-0.1, -0.05) is 29.5 Å². The van der Waals surface area contributed by atoms with Crippen LogP contribution in [-0.4, -0.2) is 24.5 Å². The number of fused-ring (bicyclic) bond motifs is 1. The van der Waals surface area contributed by atoms with E-state index < -0.39 is 0 Å². The number of aromatic nitrogens is 1. The summed E-state index contributed by atoms with van der Waals surface area (Å²) in [5.74, 6) is -0.540. The number of thiazole rings is 1. The highest BCUT2D eigenvalue weighted by Crippen LogP contribution is 2.32. The summed E-state index contributed by atoms with van der Waals surface area (Å²) in [5.41, 5.74) is 4.29.